The maximum atomic E-state index is 12.5. The zero-order valence-corrected chi connectivity index (χ0v) is 17.7. The van der Waals surface area contributed by atoms with Gasteiger partial charge in [-0.1, -0.05) is 25.1 Å². The van der Waals surface area contributed by atoms with E-state index in [0.717, 1.165) is 10.5 Å². The first kappa shape index (κ1) is 23.3. The SMILES string of the molecule is CSc1ccc(NC(=O)O[C@H](c2ccc(O)cc2)[C@@H](C)CC/C=C/C(=O)NO)cc1. The standard InChI is InChI=1S/C22H26N2O5S/c1-15(5-3-4-6-20(26)24-28)21(16-7-11-18(25)12-8-16)29-22(27)23-17-9-13-19(30-2)14-10-17/h4,6-15,21,25,28H,3,5H2,1-2H3,(H,23,27)(H,24,26)/b6-4+/t15-,21-/m0/s1. The Hall–Kier alpha value is -2.97. The van der Waals surface area contributed by atoms with Gasteiger partial charge in [0, 0.05) is 16.7 Å². The first-order valence-electron chi connectivity index (χ1n) is 9.44. The van der Waals surface area contributed by atoms with Crippen molar-refractivity contribution in [3.8, 4) is 5.75 Å². The van der Waals surface area contributed by atoms with Crippen LogP contribution in [0.2, 0.25) is 0 Å². The van der Waals surface area contributed by atoms with E-state index in [0.29, 0.717) is 18.5 Å². The van der Waals surface area contributed by atoms with Gasteiger partial charge in [0.05, 0.1) is 0 Å². The van der Waals surface area contributed by atoms with Gasteiger partial charge in [0.2, 0.25) is 0 Å². The van der Waals surface area contributed by atoms with Crippen molar-refractivity contribution in [3.05, 3.63) is 66.2 Å². The second kappa shape index (κ2) is 11.9. The predicted molar refractivity (Wildman–Crippen MR) is 117 cm³/mol. The van der Waals surface area contributed by atoms with E-state index in [-0.39, 0.29) is 11.7 Å². The highest BCUT2D eigenvalue weighted by atomic mass is 32.2. The lowest BCUT2D eigenvalue weighted by molar-refractivity contribution is -0.124. The van der Waals surface area contributed by atoms with Crippen molar-refractivity contribution >= 4 is 29.4 Å². The summed E-state index contributed by atoms with van der Waals surface area (Å²) in [6, 6.07) is 14.0. The maximum absolute atomic E-state index is 12.5. The Morgan fingerprint density at radius 3 is 2.40 bits per heavy atom. The number of phenolic OH excluding ortho intramolecular Hbond substituents is 1. The number of phenols is 1. The molecule has 0 unspecified atom stereocenters. The summed E-state index contributed by atoms with van der Waals surface area (Å²) in [7, 11) is 0. The highest BCUT2D eigenvalue weighted by molar-refractivity contribution is 7.98. The zero-order chi connectivity index (χ0) is 21.9. The van der Waals surface area contributed by atoms with Gasteiger partial charge in [-0.05, 0) is 67.0 Å². The molecule has 0 aromatic heterocycles. The second-order valence-corrected chi connectivity index (χ2v) is 7.58. The molecule has 0 aliphatic rings. The average Bonchev–Trinajstić information content (AvgIpc) is 2.76. The van der Waals surface area contributed by atoms with Crippen LogP contribution in [-0.2, 0) is 9.53 Å². The number of hydroxylamine groups is 1. The van der Waals surface area contributed by atoms with Crippen molar-refractivity contribution in [2.45, 2.75) is 30.8 Å². The van der Waals surface area contributed by atoms with E-state index in [1.54, 1.807) is 42.1 Å². The smallest absolute Gasteiger partial charge is 0.412 e. The van der Waals surface area contributed by atoms with Crippen LogP contribution in [0.4, 0.5) is 10.5 Å². The number of nitrogens with one attached hydrogen (secondary N) is 2. The Balaban J connectivity index is 2.06. The summed E-state index contributed by atoms with van der Waals surface area (Å²) in [6.45, 7) is 1.94. The van der Waals surface area contributed by atoms with Gasteiger partial charge in [0.15, 0.2) is 0 Å². The Kier molecular flexibility index (Phi) is 9.24. The van der Waals surface area contributed by atoms with Gasteiger partial charge in [0.1, 0.15) is 11.9 Å². The number of amides is 2. The number of carbonyl (C=O) groups excluding carboxylic acids is 2. The topological polar surface area (TPSA) is 108 Å². The fraction of sp³-hybridized carbons (Fsp3) is 0.273. The second-order valence-electron chi connectivity index (χ2n) is 6.70. The molecule has 4 N–H and O–H groups in total. The summed E-state index contributed by atoms with van der Waals surface area (Å²) in [5.74, 6) is -0.539. The number of thioether (sulfide) groups is 1. The van der Waals surface area contributed by atoms with Crippen molar-refractivity contribution in [2.75, 3.05) is 11.6 Å². The molecule has 0 fully saturated rings. The minimum Gasteiger partial charge on any atom is -0.508 e. The third-order valence-corrected chi connectivity index (χ3v) is 5.22. The van der Waals surface area contributed by atoms with Crippen LogP contribution in [0.3, 0.4) is 0 Å². The van der Waals surface area contributed by atoms with Crippen molar-refractivity contribution in [2.24, 2.45) is 5.92 Å². The summed E-state index contributed by atoms with van der Waals surface area (Å²) in [5, 5.41) is 20.8. The average molecular weight is 431 g/mol. The molecule has 2 aromatic rings. The van der Waals surface area contributed by atoms with Gasteiger partial charge in [-0.2, -0.15) is 0 Å². The van der Waals surface area contributed by atoms with Gasteiger partial charge >= 0.3 is 6.09 Å². The lowest BCUT2D eigenvalue weighted by Crippen LogP contribution is -2.22. The van der Waals surface area contributed by atoms with Crippen LogP contribution in [0.1, 0.15) is 31.4 Å². The first-order valence-corrected chi connectivity index (χ1v) is 10.7. The van der Waals surface area contributed by atoms with Gasteiger partial charge in [-0.15, -0.1) is 11.8 Å². The van der Waals surface area contributed by atoms with E-state index >= 15 is 0 Å². The molecule has 7 nitrogen and oxygen atoms in total. The van der Waals surface area contributed by atoms with Crippen LogP contribution in [0.25, 0.3) is 0 Å². The summed E-state index contributed by atoms with van der Waals surface area (Å²) >= 11 is 1.61. The molecule has 160 valence electrons. The molecule has 2 atom stereocenters. The molecule has 0 aliphatic carbocycles. The minimum absolute atomic E-state index is 0.0685. The molecule has 0 spiro atoms. The highest BCUT2D eigenvalue weighted by Gasteiger charge is 2.23. The molecule has 0 saturated carbocycles. The number of hydrogen-bond donors (Lipinski definition) is 4. The van der Waals surface area contributed by atoms with Crippen molar-refractivity contribution in [1.29, 1.82) is 0 Å². The van der Waals surface area contributed by atoms with Gasteiger partial charge in [-0.25, -0.2) is 10.3 Å². The number of rotatable bonds is 9. The summed E-state index contributed by atoms with van der Waals surface area (Å²) < 4.78 is 5.72. The van der Waals surface area contributed by atoms with Gasteiger partial charge in [-0.3, -0.25) is 15.3 Å². The van der Waals surface area contributed by atoms with Gasteiger partial charge < -0.3 is 9.84 Å². The Bertz CT molecular complexity index is 853. The van der Waals surface area contributed by atoms with Crippen LogP contribution in [0.5, 0.6) is 5.75 Å². The van der Waals surface area contributed by atoms with E-state index in [9.17, 15) is 14.7 Å². The maximum Gasteiger partial charge on any atom is 0.412 e. The van der Waals surface area contributed by atoms with Crippen LogP contribution in [-0.4, -0.2) is 28.6 Å². The number of allylic oxidation sites excluding steroid dienone is 1. The van der Waals surface area contributed by atoms with Crippen LogP contribution in [0, 0.1) is 5.92 Å². The molecule has 30 heavy (non-hydrogen) atoms. The van der Waals surface area contributed by atoms with E-state index in [2.05, 4.69) is 5.32 Å². The number of anilines is 1. The first-order chi connectivity index (χ1) is 14.4. The predicted octanol–water partition coefficient (Wildman–Crippen LogP) is 4.88. The van der Waals surface area contributed by atoms with Crippen molar-refractivity contribution in [3.63, 3.8) is 0 Å². The lowest BCUT2D eigenvalue weighted by atomic mass is 9.93. The van der Waals surface area contributed by atoms with E-state index < -0.39 is 18.1 Å². The van der Waals surface area contributed by atoms with Gasteiger partial charge in [0.25, 0.3) is 5.91 Å². The fourth-order valence-corrected chi connectivity index (χ4v) is 3.26. The zero-order valence-electron chi connectivity index (χ0n) is 16.9. The van der Waals surface area contributed by atoms with Crippen molar-refractivity contribution in [1.82, 2.24) is 5.48 Å². The molecule has 8 heteroatoms. The Labute approximate surface area is 180 Å². The van der Waals surface area contributed by atoms with Crippen LogP contribution in [0.15, 0.2) is 65.6 Å². The Morgan fingerprint density at radius 2 is 1.80 bits per heavy atom. The largest absolute Gasteiger partial charge is 0.508 e. The van der Waals surface area contributed by atoms with Crippen molar-refractivity contribution < 1.29 is 24.6 Å². The molecule has 0 saturated heterocycles. The summed E-state index contributed by atoms with van der Waals surface area (Å²) in [4.78, 5) is 24.6. The summed E-state index contributed by atoms with van der Waals surface area (Å²) in [5.41, 5.74) is 2.92. The third kappa shape index (κ3) is 7.46. The van der Waals surface area contributed by atoms with Crippen LogP contribution >= 0.6 is 11.8 Å². The number of carbonyl (C=O) groups is 2. The molecule has 0 radical (unpaired) electrons. The van der Waals surface area contributed by atoms with E-state index in [1.807, 2.05) is 37.4 Å². The summed E-state index contributed by atoms with van der Waals surface area (Å²) in [6.07, 6.45) is 4.94. The Morgan fingerprint density at radius 1 is 1.13 bits per heavy atom. The highest BCUT2D eigenvalue weighted by Crippen LogP contribution is 2.31. The minimum atomic E-state index is -0.596. The molecule has 0 aliphatic heterocycles. The molecular weight excluding hydrogens is 404 g/mol. The normalized spacial score (nSPS) is 12.9. The molecule has 2 rings (SSSR count). The quantitative estimate of drug-likeness (QED) is 0.195. The molecule has 2 amide bonds. The number of benzene rings is 2. The molecular formula is C22H26N2O5S. The molecule has 2 aromatic carbocycles. The number of aromatic hydroxyl groups is 1. The molecule has 0 bridgehead atoms. The lowest BCUT2D eigenvalue weighted by Gasteiger charge is -2.24. The van der Waals surface area contributed by atoms with E-state index in [4.69, 9.17) is 9.94 Å². The third-order valence-electron chi connectivity index (χ3n) is 4.48. The van der Waals surface area contributed by atoms with E-state index in [1.165, 1.54) is 11.6 Å². The molecule has 0 heterocycles. The van der Waals surface area contributed by atoms with Crippen LogP contribution < -0.4 is 10.8 Å². The fourth-order valence-electron chi connectivity index (χ4n) is 2.85. The number of ether oxygens (including phenoxy) is 1. The monoisotopic (exact) mass is 430 g/mol. The number of hydrogen-bond acceptors (Lipinski definition) is 6.